The number of carbonyl (C=O) groups is 2. The molecule has 0 rings (SSSR count). The third-order valence-electron chi connectivity index (χ3n) is 16.3. The third kappa shape index (κ3) is 64.3. The van der Waals surface area contributed by atoms with Crippen LogP contribution in [0.15, 0.2) is 48.6 Å². The van der Waals surface area contributed by atoms with Gasteiger partial charge in [-0.1, -0.05) is 320 Å². The van der Waals surface area contributed by atoms with Crippen molar-refractivity contribution in [1.82, 2.24) is 5.32 Å². The van der Waals surface area contributed by atoms with Crippen LogP contribution in [0.3, 0.4) is 0 Å². The molecule has 488 valence electrons. The summed E-state index contributed by atoms with van der Waals surface area (Å²) in [5.74, 6) is -0.514. The molecular weight excluding hydrogens is 1050 g/mol. The van der Waals surface area contributed by atoms with Gasteiger partial charge in [0.15, 0.2) is 0 Å². The van der Waals surface area contributed by atoms with E-state index >= 15 is 0 Å². The molecule has 0 spiro atoms. The van der Waals surface area contributed by atoms with Crippen molar-refractivity contribution in [1.29, 1.82) is 0 Å². The highest BCUT2D eigenvalue weighted by atomic mass is 31.2. The van der Waals surface area contributed by atoms with Gasteiger partial charge in [0, 0.05) is 12.8 Å². The summed E-state index contributed by atoms with van der Waals surface area (Å²) in [6, 6.07) is -0.859. The van der Waals surface area contributed by atoms with E-state index in [1.165, 1.54) is 238 Å². The second kappa shape index (κ2) is 63.0. The number of phosphoric acid groups is 1. The van der Waals surface area contributed by atoms with E-state index in [1.54, 1.807) is 0 Å². The van der Waals surface area contributed by atoms with Crippen molar-refractivity contribution in [3.05, 3.63) is 48.6 Å². The largest absolute Gasteiger partial charge is 0.472 e. The molecule has 0 aliphatic rings. The predicted octanol–water partition coefficient (Wildman–Crippen LogP) is 22.8. The van der Waals surface area contributed by atoms with E-state index in [0.29, 0.717) is 23.9 Å². The molecule has 10 heteroatoms. The molecule has 0 aliphatic heterocycles. The number of unbranched alkanes of at least 4 members (excludes halogenated alkanes) is 44. The van der Waals surface area contributed by atoms with E-state index in [0.717, 1.165) is 83.5 Å². The molecule has 9 nitrogen and oxygen atoms in total. The van der Waals surface area contributed by atoms with Gasteiger partial charge in [0.05, 0.1) is 33.8 Å². The number of rotatable bonds is 66. The van der Waals surface area contributed by atoms with Crippen molar-refractivity contribution in [2.75, 3.05) is 40.9 Å². The maximum Gasteiger partial charge on any atom is 0.472 e. The minimum Gasteiger partial charge on any atom is -0.456 e. The van der Waals surface area contributed by atoms with Crippen molar-refractivity contribution >= 4 is 19.7 Å². The fourth-order valence-electron chi connectivity index (χ4n) is 10.7. The molecule has 0 aromatic rings. The van der Waals surface area contributed by atoms with E-state index in [1.807, 2.05) is 33.3 Å². The second-order valence-electron chi connectivity index (χ2n) is 25.8. The van der Waals surface area contributed by atoms with Gasteiger partial charge in [-0.05, 0) is 70.3 Å². The number of amides is 1. The zero-order valence-corrected chi connectivity index (χ0v) is 56.8. The van der Waals surface area contributed by atoms with Crippen LogP contribution in [0.5, 0.6) is 0 Å². The first-order valence-corrected chi connectivity index (χ1v) is 37.5. The summed E-state index contributed by atoms with van der Waals surface area (Å²) in [7, 11) is 1.49. The van der Waals surface area contributed by atoms with E-state index in [2.05, 4.69) is 62.5 Å². The van der Waals surface area contributed by atoms with Crippen molar-refractivity contribution < 1.29 is 37.3 Å². The molecular formula is C73H140N2O7P+. The molecule has 2 N–H and O–H groups in total. The number of nitrogens with zero attached hydrogens (tertiary/aromatic N) is 1. The molecule has 0 fully saturated rings. The van der Waals surface area contributed by atoms with Gasteiger partial charge in [0.1, 0.15) is 19.3 Å². The Morgan fingerprint density at radius 3 is 1.12 bits per heavy atom. The summed E-state index contributed by atoms with van der Waals surface area (Å²) >= 11 is 0. The molecule has 3 unspecified atom stereocenters. The molecule has 3 atom stereocenters. The van der Waals surface area contributed by atoms with Gasteiger partial charge in [-0.25, -0.2) is 4.57 Å². The maximum absolute atomic E-state index is 13.6. The minimum absolute atomic E-state index is 0.0369. The highest BCUT2D eigenvalue weighted by Crippen LogP contribution is 2.43. The molecule has 1 amide bonds. The van der Waals surface area contributed by atoms with Crippen LogP contribution in [-0.4, -0.2) is 74.3 Å². The standard InChI is InChI=1S/C73H139N2O7P/c1-7-10-13-16-19-22-25-28-30-32-33-34-35-36-37-38-39-40-41-43-45-48-51-54-57-60-63-66-73(77)82-71(64-61-58-55-52-49-46-27-24-21-18-15-12-9-3)70(69-81-83(78,79)80-68-67-75(4,5)6)74-72(76)65-62-59-56-53-50-47-44-42-31-29-26-23-20-17-14-11-8-2/h20,23,29,31,44,47,61,64,70-71H,7-19,21-22,24-28,30,32-43,45-46,48-60,62-63,65-69H2,1-6H3,(H-,74,76,78,79)/p+1/b23-20-,31-29-,47-44-,64-61-. The minimum atomic E-state index is -4.46. The number of phosphoric ester groups is 1. The second-order valence-corrected chi connectivity index (χ2v) is 27.2. The molecule has 0 aliphatic carbocycles. The predicted molar refractivity (Wildman–Crippen MR) is 360 cm³/mol. The van der Waals surface area contributed by atoms with E-state index in [9.17, 15) is 19.0 Å². The van der Waals surface area contributed by atoms with Gasteiger partial charge in [-0.15, -0.1) is 0 Å². The van der Waals surface area contributed by atoms with Crippen LogP contribution in [0.4, 0.5) is 0 Å². The van der Waals surface area contributed by atoms with Crippen molar-refractivity contribution in [2.45, 2.75) is 367 Å². The number of nitrogens with one attached hydrogen (secondary N) is 1. The van der Waals surface area contributed by atoms with Gasteiger partial charge in [0.25, 0.3) is 0 Å². The Morgan fingerprint density at radius 1 is 0.422 bits per heavy atom. The van der Waals surface area contributed by atoms with E-state index < -0.39 is 20.0 Å². The summed E-state index contributed by atoms with van der Waals surface area (Å²) in [5, 5.41) is 3.06. The Labute approximate surface area is 516 Å². The summed E-state index contributed by atoms with van der Waals surface area (Å²) in [6.07, 6.45) is 79.9. The van der Waals surface area contributed by atoms with Gasteiger partial charge in [-0.2, -0.15) is 0 Å². The topological polar surface area (TPSA) is 111 Å². The summed E-state index contributed by atoms with van der Waals surface area (Å²) in [6.45, 7) is 7.02. The number of ether oxygens (including phenoxy) is 1. The number of likely N-dealkylation sites (N-methyl/N-ethyl adjacent to an activating group) is 1. The van der Waals surface area contributed by atoms with Crippen LogP contribution in [-0.2, 0) is 27.9 Å². The van der Waals surface area contributed by atoms with Crippen molar-refractivity contribution in [3.8, 4) is 0 Å². The van der Waals surface area contributed by atoms with Gasteiger partial charge < -0.3 is 19.4 Å². The molecule has 0 saturated carbocycles. The fourth-order valence-corrected chi connectivity index (χ4v) is 11.5. The van der Waals surface area contributed by atoms with Crippen molar-refractivity contribution in [3.63, 3.8) is 0 Å². The Balaban J connectivity index is 5.03. The number of quaternary nitrogens is 1. The maximum atomic E-state index is 13.6. The fraction of sp³-hybridized carbons (Fsp3) is 0.863. The highest BCUT2D eigenvalue weighted by molar-refractivity contribution is 7.47. The number of hydrogen-bond donors (Lipinski definition) is 2. The quantitative estimate of drug-likeness (QED) is 0.0205. The third-order valence-corrected chi connectivity index (χ3v) is 17.3. The Morgan fingerprint density at radius 2 is 0.735 bits per heavy atom. The average molecular weight is 1190 g/mol. The molecule has 0 saturated heterocycles. The van der Waals surface area contributed by atoms with Crippen LogP contribution < -0.4 is 5.32 Å². The Kier molecular flexibility index (Phi) is 61.5. The first-order valence-electron chi connectivity index (χ1n) is 36.0. The van der Waals surface area contributed by atoms with Crippen LogP contribution >= 0.6 is 7.82 Å². The summed E-state index contributed by atoms with van der Waals surface area (Å²) in [5.41, 5.74) is 0. The number of hydrogen-bond acceptors (Lipinski definition) is 6. The van der Waals surface area contributed by atoms with Gasteiger partial charge >= 0.3 is 13.8 Å². The number of esters is 1. The lowest BCUT2D eigenvalue weighted by Crippen LogP contribution is -2.47. The lowest BCUT2D eigenvalue weighted by Gasteiger charge is -2.27. The van der Waals surface area contributed by atoms with Gasteiger partial charge in [0.2, 0.25) is 5.91 Å². The molecule has 0 aromatic heterocycles. The normalized spacial score (nSPS) is 13.8. The van der Waals surface area contributed by atoms with Crippen LogP contribution in [0.1, 0.15) is 355 Å². The Bertz CT molecular complexity index is 1560. The summed E-state index contributed by atoms with van der Waals surface area (Å²) < 4.78 is 30.8. The van der Waals surface area contributed by atoms with E-state index in [-0.39, 0.29) is 25.1 Å². The summed E-state index contributed by atoms with van der Waals surface area (Å²) in [4.78, 5) is 37.9. The smallest absolute Gasteiger partial charge is 0.456 e. The van der Waals surface area contributed by atoms with E-state index in [4.69, 9.17) is 13.8 Å². The highest BCUT2D eigenvalue weighted by Gasteiger charge is 2.30. The Hall–Kier alpha value is -2.03. The number of allylic oxidation sites excluding steroid dienone is 7. The van der Waals surface area contributed by atoms with Crippen LogP contribution in [0.25, 0.3) is 0 Å². The zero-order valence-electron chi connectivity index (χ0n) is 56.0. The van der Waals surface area contributed by atoms with Crippen LogP contribution in [0.2, 0.25) is 0 Å². The first kappa shape index (κ1) is 81.0. The van der Waals surface area contributed by atoms with Crippen molar-refractivity contribution in [2.24, 2.45) is 0 Å². The number of carbonyl (C=O) groups excluding carboxylic acids is 2. The molecule has 0 radical (unpaired) electrons. The molecule has 0 heterocycles. The average Bonchev–Trinajstić information content (AvgIpc) is 3.46. The van der Waals surface area contributed by atoms with Crippen LogP contribution in [0, 0.1) is 0 Å². The molecule has 0 aromatic carbocycles. The molecule has 83 heavy (non-hydrogen) atoms. The first-order chi connectivity index (χ1) is 40.4. The lowest BCUT2D eigenvalue weighted by atomic mass is 10.0. The monoisotopic (exact) mass is 1190 g/mol. The van der Waals surface area contributed by atoms with Gasteiger partial charge in [-0.3, -0.25) is 18.6 Å². The lowest BCUT2D eigenvalue weighted by molar-refractivity contribution is -0.870. The SMILES string of the molecule is CCCCC/C=C\C/C=C\C/C=C\CCCCCCC(=O)NC(COP(=O)(O)OCC[N+](C)(C)C)C(/C=C\CCCCCCCCCCCCC)OC(=O)CCCCCCCCCCCCCCCCCCCCCCCCCCCCC. The molecule has 0 bridgehead atoms. The zero-order chi connectivity index (χ0) is 60.7.